The molecule has 0 rings (SSSR count). The van der Waals surface area contributed by atoms with E-state index >= 15 is 0 Å². The van der Waals surface area contributed by atoms with Crippen LogP contribution in [0.3, 0.4) is 0 Å². The van der Waals surface area contributed by atoms with Gasteiger partial charge in [0, 0.05) is 25.7 Å². The molecule has 0 saturated heterocycles. The van der Waals surface area contributed by atoms with E-state index < -0.39 is 97.5 Å². The molecule has 0 aromatic carbocycles. The van der Waals surface area contributed by atoms with E-state index in [0.29, 0.717) is 31.6 Å². The SMILES string of the molecule is CC(C)CCCCCCCCCCCCCCCCCCC(=O)O[C@H](COC(=O)CCCCCCCCC(C)C)COP(=O)(O)OCC(O)COP(=O)(O)OC[C@@H](COC(=O)CCCCCCCCCCCC(C)C)OC(=O)CCCCCCCCCCCCCCC(C)C. The Morgan fingerprint density at radius 3 is 0.653 bits per heavy atom. The second-order valence-electron chi connectivity index (χ2n) is 29.3. The summed E-state index contributed by atoms with van der Waals surface area (Å²) in [4.78, 5) is 72.8. The molecule has 0 aliphatic rings. The Bertz CT molecular complexity index is 1870. The molecule has 95 heavy (non-hydrogen) atoms. The first-order valence-corrected chi connectivity index (χ1v) is 42.2. The average molecular weight is 1400 g/mol. The molecule has 5 atom stereocenters. The van der Waals surface area contributed by atoms with Gasteiger partial charge < -0.3 is 33.8 Å². The molecular formula is C76H148O17P2. The van der Waals surface area contributed by atoms with Crippen LogP contribution in [0.5, 0.6) is 0 Å². The smallest absolute Gasteiger partial charge is 0.462 e. The van der Waals surface area contributed by atoms with Crippen LogP contribution < -0.4 is 0 Å². The van der Waals surface area contributed by atoms with Gasteiger partial charge >= 0.3 is 39.5 Å². The van der Waals surface area contributed by atoms with Crippen molar-refractivity contribution in [3.8, 4) is 0 Å². The number of rotatable bonds is 73. The third-order valence-corrected chi connectivity index (χ3v) is 19.5. The molecule has 0 radical (unpaired) electrons. The van der Waals surface area contributed by atoms with Crippen LogP contribution in [-0.2, 0) is 65.4 Å². The maximum Gasteiger partial charge on any atom is 0.472 e. The summed E-state index contributed by atoms with van der Waals surface area (Å²) >= 11 is 0. The molecule has 19 heteroatoms. The van der Waals surface area contributed by atoms with E-state index in [1.54, 1.807) is 0 Å². The Morgan fingerprint density at radius 1 is 0.263 bits per heavy atom. The average Bonchev–Trinajstić information content (AvgIpc) is 2.10. The lowest BCUT2D eigenvalue weighted by Gasteiger charge is -2.21. The Balaban J connectivity index is 5.21. The highest BCUT2D eigenvalue weighted by atomic mass is 31.2. The predicted molar refractivity (Wildman–Crippen MR) is 386 cm³/mol. The van der Waals surface area contributed by atoms with Gasteiger partial charge in [0.15, 0.2) is 12.2 Å². The van der Waals surface area contributed by atoms with Gasteiger partial charge in [0.1, 0.15) is 19.3 Å². The van der Waals surface area contributed by atoms with Gasteiger partial charge in [-0.1, -0.05) is 331 Å². The summed E-state index contributed by atoms with van der Waals surface area (Å²) < 4.78 is 68.5. The lowest BCUT2D eigenvalue weighted by Crippen LogP contribution is -2.30. The van der Waals surface area contributed by atoms with Gasteiger partial charge in [-0.25, -0.2) is 9.13 Å². The van der Waals surface area contributed by atoms with E-state index in [0.717, 1.165) is 114 Å². The summed E-state index contributed by atoms with van der Waals surface area (Å²) in [5.74, 6) is 0.886. The van der Waals surface area contributed by atoms with Crippen LogP contribution in [0.25, 0.3) is 0 Å². The van der Waals surface area contributed by atoms with Crippen molar-refractivity contribution in [2.24, 2.45) is 23.7 Å². The van der Waals surface area contributed by atoms with Crippen LogP contribution in [0.4, 0.5) is 0 Å². The molecule has 0 heterocycles. The molecule has 0 aliphatic heterocycles. The van der Waals surface area contributed by atoms with E-state index in [1.807, 2.05) is 0 Å². The molecule has 17 nitrogen and oxygen atoms in total. The molecule has 0 saturated carbocycles. The number of aliphatic hydroxyl groups excluding tert-OH is 1. The Labute approximate surface area is 581 Å². The zero-order valence-electron chi connectivity index (χ0n) is 62.3. The first-order chi connectivity index (χ1) is 45.6. The molecule has 0 aliphatic carbocycles. The lowest BCUT2D eigenvalue weighted by atomic mass is 10.0. The van der Waals surface area contributed by atoms with Crippen molar-refractivity contribution < 1.29 is 80.2 Å². The quantitative estimate of drug-likeness (QED) is 0.0222. The van der Waals surface area contributed by atoms with Gasteiger partial charge in [-0.2, -0.15) is 0 Å². The van der Waals surface area contributed by atoms with Crippen molar-refractivity contribution in [3.63, 3.8) is 0 Å². The highest BCUT2D eigenvalue weighted by Gasteiger charge is 2.30. The maximum absolute atomic E-state index is 13.1. The molecule has 3 unspecified atom stereocenters. The summed E-state index contributed by atoms with van der Waals surface area (Å²) in [6.07, 6.45) is 50.1. The maximum atomic E-state index is 13.1. The topological polar surface area (TPSA) is 237 Å². The van der Waals surface area contributed by atoms with Crippen LogP contribution in [-0.4, -0.2) is 96.7 Å². The van der Waals surface area contributed by atoms with Crippen molar-refractivity contribution in [1.82, 2.24) is 0 Å². The zero-order chi connectivity index (χ0) is 70.3. The number of phosphoric acid groups is 2. The molecular weight excluding hydrogens is 1250 g/mol. The number of carbonyl (C=O) groups excluding carboxylic acids is 4. The summed E-state index contributed by atoms with van der Waals surface area (Å²) in [5.41, 5.74) is 0. The van der Waals surface area contributed by atoms with E-state index in [2.05, 4.69) is 55.4 Å². The van der Waals surface area contributed by atoms with Crippen LogP contribution in [0.2, 0.25) is 0 Å². The standard InChI is InChI=1S/C76H148O17P2/c1-66(2)52-44-36-28-22-17-13-11-9-10-12-14-19-25-32-42-50-58-76(81)93-72(63-87-74(79)57-49-41-35-34-39-47-55-69(7)8)65-91-95(84,85)89-61-70(77)60-88-94(82,83)90-64-71(62-86-73(78)56-48-40-31-27-21-24-30-38-46-54-68(5)6)92-75(80)59-51-43-33-26-20-16-15-18-23-29-37-45-53-67(3)4/h66-72,77H,9-65H2,1-8H3,(H,82,83)(H,84,85)/t70?,71-,72-/m1/s1. The largest absolute Gasteiger partial charge is 0.472 e. The Hall–Kier alpha value is -1.94. The van der Waals surface area contributed by atoms with Crippen LogP contribution in [0.1, 0.15) is 383 Å². The second-order valence-corrected chi connectivity index (χ2v) is 32.2. The third kappa shape index (κ3) is 70.3. The monoisotopic (exact) mass is 1400 g/mol. The summed E-state index contributed by atoms with van der Waals surface area (Å²) in [6, 6.07) is 0. The van der Waals surface area contributed by atoms with E-state index in [1.165, 1.54) is 180 Å². The van der Waals surface area contributed by atoms with Crippen molar-refractivity contribution in [2.75, 3.05) is 39.6 Å². The summed E-state index contributed by atoms with van der Waals surface area (Å²) in [6.45, 7) is 14.1. The fraction of sp³-hybridized carbons (Fsp3) is 0.947. The van der Waals surface area contributed by atoms with E-state index in [4.69, 9.17) is 37.0 Å². The Morgan fingerprint density at radius 2 is 0.442 bits per heavy atom. The van der Waals surface area contributed by atoms with Crippen molar-refractivity contribution in [2.45, 2.75) is 401 Å². The van der Waals surface area contributed by atoms with Crippen LogP contribution in [0.15, 0.2) is 0 Å². The fourth-order valence-corrected chi connectivity index (χ4v) is 13.1. The van der Waals surface area contributed by atoms with Gasteiger partial charge in [-0.05, 0) is 49.4 Å². The second kappa shape index (κ2) is 65.4. The van der Waals surface area contributed by atoms with Crippen LogP contribution in [0, 0.1) is 23.7 Å². The first-order valence-electron chi connectivity index (χ1n) is 39.2. The number of hydrogen-bond acceptors (Lipinski definition) is 15. The third-order valence-electron chi connectivity index (χ3n) is 17.6. The minimum Gasteiger partial charge on any atom is -0.462 e. The molecule has 3 N–H and O–H groups in total. The normalized spacial score (nSPS) is 14.1. The summed E-state index contributed by atoms with van der Waals surface area (Å²) in [7, 11) is -9.91. The number of esters is 4. The Kier molecular flexibility index (Phi) is 64.0. The van der Waals surface area contributed by atoms with E-state index in [-0.39, 0.29) is 25.7 Å². The minimum absolute atomic E-state index is 0.106. The van der Waals surface area contributed by atoms with Crippen molar-refractivity contribution in [1.29, 1.82) is 0 Å². The van der Waals surface area contributed by atoms with Crippen molar-refractivity contribution in [3.05, 3.63) is 0 Å². The number of hydrogen-bond donors (Lipinski definition) is 3. The van der Waals surface area contributed by atoms with Gasteiger partial charge in [-0.3, -0.25) is 37.3 Å². The number of carbonyl (C=O) groups is 4. The highest BCUT2D eigenvalue weighted by Crippen LogP contribution is 2.45. The lowest BCUT2D eigenvalue weighted by molar-refractivity contribution is -0.161. The summed E-state index contributed by atoms with van der Waals surface area (Å²) in [5, 5.41) is 10.6. The number of aliphatic hydroxyl groups is 1. The van der Waals surface area contributed by atoms with Gasteiger partial charge in [-0.15, -0.1) is 0 Å². The molecule has 0 fully saturated rings. The zero-order valence-corrected chi connectivity index (χ0v) is 64.1. The number of ether oxygens (including phenoxy) is 4. The van der Waals surface area contributed by atoms with E-state index in [9.17, 15) is 43.2 Å². The molecule has 0 spiro atoms. The molecule has 0 aromatic heterocycles. The molecule has 564 valence electrons. The molecule has 0 amide bonds. The highest BCUT2D eigenvalue weighted by molar-refractivity contribution is 7.47. The molecule has 0 bridgehead atoms. The van der Waals surface area contributed by atoms with Crippen LogP contribution >= 0.6 is 15.6 Å². The first kappa shape index (κ1) is 93.1. The number of phosphoric ester groups is 2. The minimum atomic E-state index is -4.96. The van der Waals surface area contributed by atoms with Gasteiger partial charge in [0.2, 0.25) is 0 Å². The van der Waals surface area contributed by atoms with Gasteiger partial charge in [0.25, 0.3) is 0 Å². The van der Waals surface area contributed by atoms with Gasteiger partial charge in [0.05, 0.1) is 26.4 Å². The number of unbranched alkanes of at least 4 members (excludes halogenated alkanes) is 39. The predicted octanol–water partition coefficient (Wildman–Crippen LogP) is 22.0. The molecule has 0 aromatic rings. The van der Waals surface area contributed by atoms with Crippen molar-refractivity contribution >= 4 is 39.5 Å². The fourth-order valence-electron chi connectivity index (χ4n) is 11.6.